The highest BCUT2D eigenvalue weighted by Gasteiger charge is 2.32. The SMILES string of the molecule is COc1cc(C(=O)N2CCN(CCCOC(=O)C(C)(C)Oc3ccc(Cl)cc3)CC2)cc(OC)c1OC. The van der Waals surface area contributed by atoms with E-state index in [4.69, 9.17) is 35.3 Å². The van der Waals surface area contributed by atoms with Crippen LogP contribution in [0.15, 0.2) is 36.4 Å². The molecule has 0 saturated carbocycles. The number of hydrogen-bond donors (Lipinski definition) is 0. The van der Waals surface area contributed by atoms with Gasteiger partial charge >= 0.3 is 5.97 Å². The fraction of sp³-hybridized carbons (Fsp3) is 0.481. The fourth-order valence-corrected chi connectivity index (χ4v) is 4.15. The molecule has 1 fully saturated rings. The van der Waals surface area contributed by atoms with Crippen LogP contribution in [0.2, 0.25) is 5.02 Å². The van der Waals surface area contributed by atoms with Gasteiger partial charge in [0.25, 0.3) is 5.91 Å². The summed E-state index contributed by atoms with van der Waals surface area (Å²) in [7, 11) is 4.57. The van der Waals surface area contributed by atoms with E-state index in [1.165, 1.54) is 21.3 Å². The minimum Gasteiger partial charge on any atom is -0.493 e. The number of nitrogens with zero attached hydrogens (tertiary/aromatic N) is 2. The molecule has 0 N–H and O–H groups in total. The molecule has 0 aromatic heterocycles. The van der Waals surface area contributed by atoms with Crippen LogP contribution in [0.4, 0.5) is 0 Å². The molecule has 2 aromatic rings. The van der Waals surface area contributed by atoms with E-state index >= 15 is 0 Å². The van der Waals surface area contributed by atoms with Gasteiger partial charge in [-0.25, -0.2) is 4.79 Å². The van der Waals surface area contributed by atoms with Gasteiger partial charge in [0, 0.05) is 43.3 Å². The maximum absolute atomic E-state index is 13.1. The minimum atomic E-state index is -1.12. The Hall–Kier alpha value is -3.17. The third-order valence-corrected chi connectivity index (χ3v) is 6.35. The number of rotatable bonds is 11. The van der Waals surface area contributed by atoms with E-state index in [1.54, 1.807) is 50.2 Å². The van der Waals surface area contributed by atoms with Crippen LogP contribution in [-0.2, 0) is 9.53 Å². The Kier molecular flexibility index (Phi) is 9.88. The van der Waals surface area contributed by atoms with Gasteiger partial charge in [-0.2, -0.15) is 0 Å². The van der Waals surface area contributed by atoms with Crippen LogP contribution in [-0.4, -0.2) is 87.9 Å². The topological polar surface area (TPSA) is 86.8 Å². The summed E-state index contributed by atoms with van der Waals surface area (Å²) in [6.45, 7) is 7.05. The van der Waals surface area contributed by atoms with Crippen molar-refractivity contribution >= 4 is 23.5 Å². The predicted octanol–water partition coefficient (Wildman–Crippen LogP) is 3.91. The van der Waals surface area contributed by atoms with Crippen LogP contribution < -0.4 is 18.9 Å². The normalized spacial score (nSPS) is 14.2. The molecule has 2 aromatic carbocycles. The zero-order valence-corrected chi connectivity index (χ0v) is 22.8. The highest BCUT2D eigenvalue weighted by molar-refractivity contribution is 6.30. The van der Waals surface area contributed by atoms with Gasteiger partial charge in [-0.1, -0.05) is 11.6 Å². The quantitative estimate of drug-likeness (QED) is 0.317. The van der Waals surface area contributed by atoms with Gasteiger partial charge in [-0.15, -0.1) is 0 Å². The summed E-state index contributed by atoms with van der Waals surface area (Å²) in [6.07, 6.45) is 0.684. The molecule has 0 bridgehead atoms. The van der Waals surface area contributed by atoms with Crippen LogP contribution in [0.25, 0.3) is 0 Å². The number of amides is 1. The van der Waals surface area contributed by atoms with Gasteiger partial charge in [-0.05, 0) is 56.7 Å². The monoisotopic (exact) mass is 534 g/mol. The Bertz CT molecular complexity index is 1040. The van der Waals surface area contributed by atoms with Gasteiger partial charge in [0.2, 0.25) is 5.75 Å². The fourth-order valence-electron chi connectivity index (χ4n) is 4.03. The number of piperazine rings is 1. The van der Waals surface area contributed by atoms with Gasteiger partial charge in [0.05, 0.1) is 27.9 Å². The summed E-state index contributed by atoms with van der Waals surface area (Å²) >= 11 is 5.89. The lowest BCUT2D eigenvalue weighted by molar-refractivity contribution is -0.159. The Morgan fingerprint density at radius 2 is 1.51 bits per heavy atom. The Morgan fingerprint density at radius 1 is 0.919 bits per heavy atom. The molecule has 1 saturated heterocycles. The molecule has 0 spiro atoms. The lowest BCUT2D eigenvalue weighted by atomic mass is 10.1. The third kappa shape index (κ3) is 7.42. The standard InChI is InChI=1S/C27H35ClN2O7/c1-27(2,37-21-9-7-20(28)8-10-21)26(32)36-16-6-11-29-12-14-30(15-13-29)25(31)19-17-22(33-3)24(35-5)23(18-19)34-4/h7-10,17-18H,6,11-16H2,1-5H3. The number of carbonyl (C=O) groups is 2. The molecule has 0 aliphatic carbocycles. The second kappa shape index (κ2) is 12.9. The maximum Gasteiger partial charge on any atom is 0.349 e. The van der Waals surface area contributed by atoms with Crippen molar-refractivity contribution in [1.29, 1.82) is 0 Å². The molecule has 202 valence electrons. The molecular formula is C27H35ClN2O7. The smallest absolute Gasteiger partial charge is 0.349 e. The number of methoxy groups -OCH3 is 3. The molecular weight excluding hydrogens is 500 g/mol. The molecule has 1 heterocycles. The van der Waals surface area contributed by atoms with E-state index in [-0.39, 0.29) is 12.5 Å². The summed E-state index contributed by atoms with van der Waals surface area (Å²) in [4.78, 5) is 29.7. The molecule has 0 atom stereocenters. The summed E-state index contributed by atoms with van der Waals surface area (Å²) in [5.74, 6) is 1.37. The summed E-state index contributed by atoms with van der Waals surface area (Å²) in [5, 5.41) is 0.596. The van der Waals surface area contributed by atoms with Crippen molar-refractivity contribution < 1.29 is 33.3 Å². The van der Waals surface area contributed by atoms with E-state index in [0.29, 0.717) is 53.1 Å². The van der Waals surface area contributed by atoms with E-state index in [9.17, 15) is 9.59 Å². The number of benzene rings is 2. The average molecular weight is 535 g/mol. The number of halogens is 1. The van der Waals surface area contributed by atoms with Crippen LogP contribution in [0, 0.1) is 0 Å². The summed E-state index contributed by atoms with van der Waals surface area (Å²) < 4.78 is 27.3. The maximum atomic E-state index is 13.1. The highest BCUT2D eigenvalue weighted by Crippen LogP contribution is 2.38. The Labute approximate surface area is 223 Å². The predicted molar refractivity (Wildman–Crippen MR) is 140 cm³/mol. The minimum absolute atomic E-state index is 0.0873. The van der Waals surface area contributed by atoms with Crippen molar-refractivity contribution in [3.05, 3.63) is 47.0 Å². The van der Waals surface area contributed by atoms with Gasteiger partial charge in [-0.3, -0.25) is 9.69 Å². The number of hydrogen-bond acceptors (Lipinski definition) is 8. The molecule has 0 unspecified atom stereocenters. The molecule has 1 aliphatic heterocycles. The first kappa shape index (κ1) is 28.4. The van der Waals surface area contributed by atoms with Crippen LogP contribution in [0.3, 0.4) is 0 Å². The number of ether oxygens (including phenoxy) is 5. The third-order valence-electron chi connectivity index (χ3n) is 6.10. The van der Waals surface area contributed by atoms with Crippen LogP contribution in [0.1, 0.15) is 30.6 Å². The molecule has 1 aliphatic rings. The summed E-state index contributed by atoms with van der Waals surface area (Å²) in [5.41, 5.74) is -0.634. The largest absolute Gasteiger partial charge is 0.493 e. The molecule has 9 nitrogen and oxygen atoms in total. The lowest BCUT2D eigenvalue weighted by Crippen LogP contribution is -2.49. The van der Waals surface area contributed by atoms with Gasteiger partial charge < -0.3 is 28.6 Å². The Morgan fingerprint density at radius 3 is 2.05 bits per heavy atom. The van der Waals surface area contributed by atoms with Gasteiger partial charge in [0.15, 0.2) is 17.1 Å². The Balaban J connectivity index is 1.43. The molecule has 3 rings (SSSR count). The zero-order chi connectivity index (χ0) is 27.0. The van der Waals surface area contributed by atoms with Crippen molar-refractivity contribution in [1.82, 2.24) is 9.80 Å². The molecule has 10 heteroatoms. The van der Waals surface area contributed by atoms with E-state index in [0.717, 1.165) is 19.6 Å². The number of esters is 1. The number of carbonyl (C=O) groups excluding carboxylic acids is 2. The second-order valence-corrected chi connectivity index (χ2v) is 9.54. The lowest BCUT2D eigenvalue weighted by Gasteiger charge is -2.35. The van der Waals surface area contributed by atoms with Crippen molar-refractivity contribution in [3.63, 3.8) is 0 Å². The van der Waals surface area contributed by atoms with E-state index < -0.39 is 11.6 Å². The second-order valence-electron chi connectivity index (χ2n) is 9.10. The first-order chi connectivity index (χ1) is 17.7. The van der Waals surface area contributed by atoms with Crippen molar-refractivity contribution in [2.24, 2.45) is 0 Å². The average Bonchev–Trinajstić information content (AvgIpc) is 2.91. The summed E-state index contributed by atoms with van der Waals surface area (Å²) in [6, 6.07) is 10.2. The first-order valence-corrected chi connectivity index (χ1v) is 12.5. The first-order valence-electron chi connectivity index (χ1n) is 12.1. The zero-order valence-electron chi connectivity index (χ0n) is 22.0. The molecule has 1 amide bonds. The van der Waals surface area contributed by atoms with Crippen molar-refractivity contribution in [2.75, 3.05) is 60.7 Å². The molecule has 0 radical (unpaired) electrons. The van der Waals surface area contributed by atoms with Crippen molar-refractivity contribution in [2.45, 2.75) is 25.9 Å². The van der Waals surface area contributed by atoms with E-state index in [2.05, 4.69) is 4.90 Å². The van der Waals surface area contributed by atoms with E-state index in [1.807, 2.05) is 4.90 Å². The van der Waals surface area contributed by atoms with Crippen molar-refractivity contribution in [3.8, 4) is 23.0 Å². The van der Waals surface area contributed by atoms with Crippen LogP contribution in [0.5, 0.6) is 23.0 Å². The molecule has 37 heavy (non-hydrogen) atoms. The highest BCUT2D eigenvalue weighted by atomic mass is 35.5. The van der Waals surface area contributed by atoms with Crippen LogP contribution >= 0.6 is 11.6 Å². The van der Waals surface area contributed by atoms with Gasteiger partial charge in [0.1, 0.15) is 5.75 Å².